The number of aryl methyl sites for hydroxylation is 2. The van der Waals surface area contributed by atoms with Gasteiger partial charge in [-0.25, -0.2) is 9.97 Å². The number of nitriles is 1. The van der Waals surface area contributed by atoms with Crippen LogP contribution in [0.2, 0.25) is 0 Å². The van der Waals surface area contributed by atoms with Crippen molar-refractivity contribution in [3.63, 3.8) is 0 Å². The van der Waals surface area contributed by atoms with E-state index in [1.807, 2.05) is 38.1 Å². The van der Waals surface area contributed by atoms with Crippen molar-refractivity contribution in [3.8, 4) is 6.07 Å². The molecule has 0 radical (unpaired) electrons. The molecule has 6 nitrogen and oxygen atoms in total. The number of hydrogen-bond acceptors (Lipinski definition) is 5. The first-order valence-corrected chi connectivity index (χ1v) is 9.41. The van der Waals surface area contributed by atoms with Crippen LogP contribution in [0.1, 0.15) is 52.6 Å². The molecule has 0 aliphatic heterocycles. The van der Waals surface area contributed by atoms with Crippen LogP contribution >= 0.6 is 0 Å². The average molecular weight is 385 g/mol. The summed E-state index contributed by atoms with van der Waals surface area (Å²) < 4.78 is 0. The van der Waals surface area contributed by atoms with E-state index in [4.69, 9.17) is 5.26 Å². The maximum absolute atomic E-state index is 12.9. The summed E-state index contributed by atoms with van der Waals surface area (Å²) >= 11 is 0. The molecular formula is C23H23N5O. The molecule has 6 heteroatoms. The van der Waals surface area contributed by atoms with E-state index in [0.717, 1.165) is 16.8 Å². The van der Waals surface area contributed by atoms with Crippen molar-refractivity contribution in [2.45, 2.75) is 33.6 Å². The van der Waals surface area contributed by atoms with E-state index >= 15 is 0 Å². The van der Waals surface area contributed by atoms with Crippen molar-refractivity contribution in [2.75, 3.05) is 10.6 Å². The van der Waals surface area contributed by atoms with E-state index in [0.29, 0.717) is 22.9 Å². The van der Waals surface area contributed by atoms with Gasteiger partial charge >= 0.3 is 0 Å². The summed E-state index contributed by atoms with van der Waals surface area (Å²) in [5, 5.41) is 15.1. The topological polar surface area (TPSA) is 90.7 Å². The van der Waals surface area contributed by atoms with Gasteiger partial charge in [0.15, 0.2) is 0 Å². The van der Waals surface area contributed by atoms with Gasteiger partial charge in [0.05, 0.1) is 11.6 Å². The van der Waals surface area contributed by atoms with Crippen LogP contribution in [-0.4, -0.2) is 15.9 Å². The highest BCUT2D eigenvalue weighted by atomic mass is 16.1. The number of rotatable bonds is 5. The zero-order valence-corrected chi connectivity index (χ0v) is 16.9. The van der Waals surface area contributed by atoms with Gasteiger partial charge in [0, 0.05) is 17.1 Å². The second-order valence-corrected chi connectivity index (χ2v) is 7.18. The summed E-state index contributed by atoms with van der Waals surface area (Å²) in [5.41, 5.74) is 5.05. The Balaban J connectivity index is 1.88. The summed E-state index contributed by atoms with van der Waals surface area (Å²) in [6.07, 6.45) is 0. The van der Waals surface area contributed by atoms with Gasteiger partial charge in [-0.15, -0.1) is 0 Å². The van der Waals surface area contributed by atoms with Gasteiger partial charge in [-0.05, 0) is 55.2 Å². The SMILES string of the molecule is Cc1cc(C(=O)Nc2c(C)cccc2C(C)C)nc(Nc2cccc(C#N)c2)n1. The molecule has 0 aliphatic carbocycles. The highest BCUT2D eigenvalue weighted by molar-refractivity contribution is 6.04. The Morgan fingerprint density at radius 2 is 1.83 bits per heavy atom. The summed E-state index contributed by atoms with van der Waals surface area (Å²) in [7, 11) is 0. The Labute approximate surface area is 170 Å². The Morgan fingerprint density at radius 1 is 1.07 bits per heavy atom. The molecule has 29 heavy (non-hydrogen) atoms. The van der Waals surface area contributed by atoms with Crippen LogP contribution < -0.4 is 10.6 Å². The first-order valence-electron chi connectivity index (χ1n) is 9.41. The number of carbonyl (C=O) groups is 1. The average Bonchev–Trinajstić information content (AvgIpc) is 2.69. The Bertz CT molecular complexity index is 1100. The van der Waals surface area contributed by atoms with Crippen LogP contribution in [0.3, 0.4) is 0 Å². The van der Waals surface area contributed by atoms with Gasteiger partial charge in [0.1, 0.15) is 5.69 Å². The van der Waals surface area contributed by atoms with E-state index in [-0.39, 0.29) is 17.5 Å². The van der Waals surface area contributed by atoms with Crippen LogP contribution in [0.15, 0.2) is 48.5 Å². The van der Waals surface area contributed by atoms with E-state index < -0.39 is 0 Å². The van der Waals surface area contributed by atoms with Crippen molar-refractivity contribution in [2.24, 2.45) is 0 Å². The molecule has 3 aromatic rings. The number of carbonyl (C=O) groups excluding carboxylic acids is 1. The Morgan fingerprint density at radius 3 is 2.55 bits per heavy atom. The second-order valence-electron chi connectivity index (χ2n) is 7.18. The zero-order valence-electron chi connectivity index (χ0n) is 16.9. The minimum Gasteiger partial charge on any atom is -0.324 e. The smallest absolute Gasteiger partial charge is 0.274 e. The largest absolute Gasteiger partial charge is 0.324 e. The molecule has 0 spiro atoms. The standard InChI is InChI=1S/C23H23N5O/c1-14(2)19-10-5-7-15(3)21(19)28-22(29)20-11-16(4)25-23(27-20)26-18-9-6-8-17(12-18)13-24/h5-12,14H,1-4H3,(H,28,29)(H,25,26,27). The first-order chi connectivity index (χ1) is 13.9. The predicted molar refractivity (Wildman–Crippen MR) is 114 cm³/mol. The van der Waals surface area contributed by atoms with E-state index in [9.17, 15) is 4.79 Å². The normalized spacial score (nSPS) is 10.5. The predicted octanol–water partition coefficient (Wildman–Crippen LogP) is 5.08. The molecule has 146 valence electrons. The second kappa shape index (κ2) is 8.53. The molecule has 1 aromatic heterocycles. The summed E-state index contributed by atoms with van der Waals surface area (Å²) in [4.78, 5) is 21.6. The highest BCUT2D eigenvalue weighted by Gasteiger charge is 2.16. The van der Waals surface area contributed by atoms with Gasteiger partial charge in [-0.1, -0.05) is 38.1 Å². The van der Waals surface area contributed by atoms with E-state index in [1.165, 1.54) is 0 Å². The summed E-state index contributed by atoms with van der Waals surface area (Å²) in [6, 6.07) is 16.7. The lowest BCUT2D eigenvalue weighted by Crippen LogP contribution is -2.17. The Hall–Kier alpha value is -3.72. The molecule has 0 atom stereocenters. The number of nitrogens with zero attached hydrogens (tertiary/aromatic N) is 3. The third kappa shape index (κ3) is 4.77. The van der Waals surface area contributed by atoms with Gasteiger partial charge < -0.3 is 10.6 Å². The molecule has 0 bridgehead atoms. The molecule has 3 rings (SSSR count). The van der Waals surface area contributed by atoms with Crippen LogP contribution in [0.5, 0.6) is 0 Å². The van der Waals surface area contributed by atoms with E-state index in [1.54, 1.807) is 24.3 Å². The Kier molecular flexibility index (Phi) is 5.89. The molecular weight excluding hydrogens is 362 g/mol. The molecule has 2 aromatic carbocycles. The number of amides is 1. The van der Waals surface area contributed by atoms with Gasteiger partial charge in [-0.2, -0.15) is 5.26 Å². The van der Waals surface area contributed by atoms with Gasteiger partial charge in [0.2, 0.25) is 5.95 Å². The summed E-state index contributed by atoms with van der Waals surface area (Å²) in [5.74, 6) is 0.293. The third-order valence-corrected chi connectivity index (χ3v) is 4.50. The quantitative estimate of drug-likeness (QED) is 0.639. The summed E-state index contributed by atoms with van der Waals surface area (Å²) in [6.45, 7) is 7.97. The lowest BCUT2D eigenvalue weighted by Gasteiger charge is -2.16. The van der Waals surface area contributed by atoms with Gasteiger partial charge in [0.25, 0.3) is 5.91 Å². The fourth-order valence-electron chi connectivity index (χ4n) is 3.06. The number of para-hydroxylation sites is 1. The molecule has 1 amide bonds. The van der Waals surface area contributed by atoms with E-state index in [2.05, 4.69) is 40.5 Å². The lowest BCUT2D eigenvalue weighted by molar-refractivity contribution is 0.102. The lowest BCUT2D eigenvalue weighted by atomic mass is 9.98. The molecule has 2 N–H and O–H groups in total. The molecule has 1 heterocycles. The van der Waals surface area contributed by atoms with Crippen molar-refractivity contribution >= 4 is 23.2 Å². The highest BCUT2D eigenvalue weighted by Crippen LogP contribution is 2.28. The minimum atomic E-state index is -0.291. The first kappa shape index (κ1) is 20.0. The number of aromatic nitrogens is 2. The zero-order chi connectivity index (χ0) is 21.0. The van der Waals surface area contributed by atoms with Crippen molar-refractivity contribution < 1.29 is 4.79 Å². The van der Waals surface area contributed by atoms with Crippen LogP contribution in [0.4, 0.5) is 17.3 Å². The number of hydrogen-bond donors (Lipinski definition) is 2. The van der Waals surface area contributed by atoms with Gasteiger partial charge in [-0.3, -0.25) is 4.79 Å². The number of anilines is 3. The number of nitrogens with one attached hydrogen (secondary N) is 2. The maximum Gasteiger partial charge on any atom is 0.274 e. The molecule has 0 fully saturated rings. The molecule has 0 saturated heterocycles. The minimum absolute atomic E-state index is 0.273. The monoisotopic (exact) mass is 385 g/mol. The van der Waals surface area contributed by atoms with Crippen LogP contribution in [0, 0.1) is 25.2 Å². The molecule has 0 aliphatic rings. The van der Waals surface area contributed by atoms with Crippen molar-refractivity contribution in [1.29, 1.82) is 5.26 Å². The van der Waals surface area contributed by atoms with Crippen LogP contribution in [-0.2, 0) is 0 Å². The fraction of sp³-hybridized carbons (Fsp3) is 0.217. The molecule has 0 saturated carbocycles. The molecule has 0 unspecified atom stereocenters. The number of benzene rings is 2. The fourth-order valence-corrected chi connectivity index (χ4v) is 3.06. The van der Waals surface area contributed by atoms with Crippen molar-refractivity contribution in [1.82, 2.24) is 9.97 Å². The maximum atomic E-state index is 12.9. The van der Waals surface area contributed by atoms with Crippen molar-refractivity contribution in [3.05, 3.63) is 76.6 Å². The van der Waals surface area contributed by atoms with Crippen LogP contribution in [0.25, 0.3) is 0 Å². The third-order valence-electron chi connectivity index (χ3n) is 4.50.